The van der Waals surface area contributed by atoms with Crippen molar-refractivity contribution in [1.29, 1.82) is 0 Å². The minimum atomic E-state index is -1.15. The summed E-state index contributed by atoms with van der Waals surface area (Å²) in [7, 11) is 0. The van der Waals surface area contributed by atoms with Crippen LogP contribution in [0.1, 0.15) is 30.6 Å². The molecule has 2 rings (SSSR count). The first kappa shape index (κ1) is 17.6. The SMILES string of the molecule is C[C@H](OC(=O)[C@]1(C)CC1(Cl)Cl)C(=O)Nc1ccc(C(N)=O)cc1. The van der Waals surface area contributed by atoms with Gasteiger partial charge in [-0.1, -0.05) is 0 Å². The minimum Gasteiger partial charge on any atom is -0.452 e. The smallest absolute Gasteiger partial charge is 0.315 e. The lowest BCUT2D eigenvalue weighted by Crippen LogP contribution is -2.33. The monoisotopic (exact) mass is 358 g/mol. The van der Waals surface area contributed by atoms with Crippen LogP contribution in [0.5, 0.6) is 0 Å². The number of amides is 2. The summed E-state index contributed by atoms with van der Waals surface area (Å²) in [4.78, 5) is 35.0. The molecule has 0 radical (unpaired) electrons. The van der Waals surface area contributed by atoms with Gasteiger partial charge in [-0.3, -0.25) is 14.4 Å². The summed E-state index contributed by atoms with van der Waals surface area (Å²) in [5, 5.41) is 2.57. The third-order valence-electron chi connectivity index (χ3n) is 3.80. The number of esters is 1. The number of primary amides is 1. The number of halogens is 2. The molecule has 1 aromatic carbocycles. The number of rotatable bonds is 5. The number of carbonyl (C=O) groups excluding carboxylic acids is 3. The van der Waals surface area contributed by atoms with Gasteiger partial charge in [-0.05, 0) is 38.1 Å². The lowest BCUT2D eigenvalue weighted by Gasteiger charge is -2.17. The highest BCUT2D eigenvalue weighted by molar-refractivity contribution is 6.53. The van der Waals surface area contributed by atoms with Gasteiger partial charge < -0.3 is 15.8 Å². The Kier molecular flexibility index (Phi) is 4.59. The normalized spacial score (nSPS) is 22.8. The number of hydrogen-bond acceptors (Lipinski definition) is 4. The van der Waals surface area contributed by atoms with Crippen LogP contribution in [0, 0.1) is 5.41 Å². The standard InChI is InChI=1S/C15H16Cl2N2O4/c1-8(23-13(22)14(2)7-15(14,16)17)12(21)19-10-5-3-9(4-6-10)11(18)20/h3-6,8H,7H2,1-2H3,(H2,18,20)(H,19,21)/t8-,14-/m0/s1. The highest BCUT2D eigenvalue weighted by Crippen LogP contribution is 2.64. The molecule has 2 amide bonds. The molecule has 23 heavy (non-hydrogen) atoms. The van der Waals surface area contributed by atoms with Gasteiger partial charge in [0.25, 0.3) is 5.91 Å². The largest absolute Gasteiger partial charge is 0.452 e. The van der Waals surface area contributed by atoms with E-state index in [4.69, 9.17) is 33.7 Å². The Hall–Kier alpha value is -1.79. The van der Waals surface area contributed by atoms with E-state index in [1.54, 1.807) is 6.92 Å². The molecule has 0 aliphatic heterocycles. The van der Waals surface area contributed by atoms with Gasteiger partial charge in [0.1, 0.15) is 9.75 Å². The van der Waals surface area contributed by atoms with Crippen molar-refractivity contribution in [3.05, 3.63) is 29.8 Å². The minimum absolute atomic E-state index is 0.283. The molecule has 2 atom stereocenters. The van der Waals surface area contributed by atoms with Gasteiger partial charge in [-0.2, -0.15) is 0 Å². The molecule has 8 heteroatoms. The molecule has 0 unspecified atom stereocenters. The van der Waals surface area contributed by atoms with E-state index in [0.29, 0.717) is 11.3 Å². The van der Waals surface area contributed by atoms with Crippen molar-refractivity contribution in [2.45, 2.75) is 30.7 Å². The van der Waals surface area contributed by atoms with Gasteiger partial charge in [0.15, 0.2) is 6.10 Å². The van der Waals surface area contributed by atoms with Crippen LogP contribution in [-0.4, -0.2) is 28.2 Å². The van der Waals surface area contributed by atoms with E-state index in [0.717, 1.165) is 0 Å². The molecule has 0 spiro atoms. The van der Waals surface area contributed by atoms with E-state index in [2.05, 4.69) is 5.32 Å². The summed E-state index contributed by atoms with van der Waals surface area (Å²) in [5.74, 6) is -1.69. The second kappa shape index (κ2) is 6.02. The maximum Gasteiger partial charge on any atom is 0.315 e. The Bertz CT molecular complexity index is 660. The molecule has 6 nitrogen and oxygen atoms in total. The molecular formula is C15H16Cl2N2O4. The van der Waals surface area contributed by atoms with E-state index in [1.165, 1.54) is 31.2 Å². The zero-order valence-corrected chi connectivity index (χ0v) is 14.1. The molecule has 1 aliphatic carbocycles. The Balaban J connectivity index is 1.93. The highest BCUT2D eigenvalue weighted by atomic mass is 35.5. The van der Waals surface area contributed by atoms with E-state index in [-0.39, 0.29) is 6.42 Å². The van der Waals surface area contributed by atoms with Crippen LogP contribution in [0.2, 0.25) is 0 Å². The summed E-state index contributed by atoms with van der Waals surface area (Å²) in [6, 6.07) is 6.01. The van der Waals surface area contributed by atoms with Crippen molar-refractivity contribution < 1.29 is 19.1 Å². The van der Waals surface area contributed by atoms with Crippen molar-refractivity contribution in [3.8, 4) is 0 Å². The highest BCUT2D eigenvalue weighted by Gasteiger charge is 2.69. The molecule has 3 N–H and O–H groups in total. The fourth-order valence-electron chi connectivity index (χ4n) is 1.93. The second-order valence-electron chi connectivity index (χ2n) is 5.69. The number of nitrogens with two attached hydrogens (primary N) is 1. The molecule has 0 aromatic heterocycles. The predicted molar refractivity (Wildman–Crippen MR) is 86.3 cm³/mol. The van der Waals surface area contributed by atoms with Crippen molar-refractivity contribution in [2.24, 2.45) is 11.1 Å². The first-order valence-corrected chi connectivity index (χ1v) is 7.62. The van der Waals surface area contributed by atoms with Gasteiger partial charge in [-0.25, -0.2) is 0 Å². The quantitative estimate of drug-likeness (QED) is 0.622. The Morgan fingerprint density at radius 2 is 1.78 bits per heavy atom. The van der Waals surface area contributed by atoms with Crippen molar-refractivity contribution in [2.75, 3.05) is 5.32 Å². The maximum absolute atomic E-state index is 12.0. The number of hydrogen-bond donors (Lipinski definition) is 2. The van der Waals surface area contributed by atoms with Gasteiger partial charge in [0.2, 0.25) is 5.91 Å². The lowest BCUT2D eigenvalue weighted by atomic mass is 10.1. The van der Waals surface area contributed by atoms with Crippen LogP contribution in [-0.2, 0) is 14.3 Å². The topological polar surface area (TPSA) is 98.5 Å². The lowest BCUT2D eigenvalue weighted by molar-refractivity contribution is -0.158. The fourth-order valence-corrected chi connectivity index (χ4v) is 2.62. The molecule has 1 saturated carbocycles. The van der Waals surface area contributed by atoms with E-state index in [9.17, 15) is 14.4 Å². The Morgan fingerprint density at radius 1 is 1.26 bits per heavy atom. The predicted octanol–water partition coefficient (Wildman–Crippen LogP) is 2.24. The van der Waals surface area contributed by atoms with Gasteiger partial charge in [0, 0.05) is 17.7 Å². The number of benzene rings is 1. The molecule has 1 aliphatic rings. The zero-order chi connectivity index (χ0) is 17.4. The van der Waals surface area contributed by atoms with Crippen LogP contribution in [0.15, 0.2) is 24.3 Å². The summed E-state index contributed by atoms with van der Waals surface area (Å²) >= 11 is 11.8. The molecule has 124 valence electrons. The van der Waals surface area contributed by atoms with E-state index >= 15 is 0 Å². The summed E-state index contributed by atoms with van der Waals surface area (Å²) < 4.78 is 3.97. The third kappa shape index (κ3) is 3.59. The van der Waals surface area contributed by atoms with Gasteiger partial charge in [0.05, 0.1) is 0 Å². The number of anilines is 1. The van der Waals surface area contributed by atoms with E-state index in [1.807, 2.05) is 0 Å². The number of carbonyl (C=O) groups is 3. The summed E-state index contributed by atoms with van der Waals surface area (Å²) in [5.41, 5.74) is 4.91. The molecular weight excluding hydrogens is 343 g/mol. The summed E-state index contributed by atoms with van der Waals surface area (Å²) in [6.07, 6.45) is -0.731. The van der Waals surface area contributed by atoms with Gasteiger partial charge in [-0.15, -0.1) is 23.2 Å². The Morgan fingerprint density at radius 3 is 2.22 bits per heavy atom. The second-order valence-corrected chi connectivity index (χ2v) is 7.18. The molecule has 1 aromatic rings. The van der Waals surface area contributed by atoms with Crippen LogP contribution in [0.25, 0.3) is 0 Å². The van der Waals surface area contributed by atoms with Crippen molar-refractivity contribution >= 4 is 46.7 Å². The van der Waals surface area contributed by atoms with Crippen molar-refractivity contribution in [3.63, 3.8) is 0 Å². The molecule has 0 bridgehead atoms. The maximum atomic E-state index is 12.0. The van der Waals surface area contributed by atoms with E-state index < -0.39 is 33.6 Å². The van der Waals surface area contributed by atoms with Crippen LogP contribution in [0.3, 0.4) is 0 Å². The average Bonchev–Trinajstić information content (AvgIpc) is 2.99. The zero-order valence-electron chi connectivity index (χ0n) is 12.6. The molecule has 0 heterocycles. The number of alkyl halides is 2. The number of ether oxygens (including phenoxy) is 1. The first-order valence-electron chi connectivity index (χ1n) is 6.86. The first-order chi connectivity index (χ1) is 10.6. The third-order valence-corrected chi connectivity index (χ3v) is 4.90. The average molecular weight is 359 g/mol. The fraction of sp³-hybridized carbons (Fsp3) is 0.400. The molecule has 1 fully saturated rings. The van der Waals surface area contributed by atoms with Crippen molar-refractivity contribution in [1.82, 2.24) is 0 Å². The van der Waals surface area contributed by atoms with Gasteiger partial charge >= 0.3 is 5.97 Å². The Labute approximate surface area is 143 Å². The number of nitrogens with one attached hydrogen (secondary N) is 1. The van der Waals surface area contributed by atoms with Crippen LogP contribution in [0.4, 0.5) is 5.69 Å². The molecule has 0 saturated heterocycles. The van der Waals surface area contributed by atoms with Crippen LogP contribution >= 0.6 is 23.2 Å². The summed E-state index contributed by atoms with van der Waals surface area (Å²) in [6.45, 7) is 3.03. The van der Waals surface area contributed by atoms with Crippen LogP contribution < -0.4 is 11.1 Å².